The van der Waals surface area contributed by atoms with Crippen LogP contribution in [0.1, 0.15) is 25.0 Å². The molecule has 0 aromatic carbocycles. The van der Waals surface area contributed by atoms with Crippen LogP contribution in [0.5, 0.6) is 0 Å². The van der Waals surface area contributed by atoms with Gasteiger partial charge in [-0.3, -0.25) is 9.88 Å². The number of rotatable bonds is 5. The second kappa shape index (κ2) is 7.11. The number of ether oxygens (including phenoxy) is 1. The largest absolute Gasteiger partial charge is 0.380 e. The highest BCUT2D eigenvalue weighted by Crippen LogP contribution is 2.27. The molecule has 0 saturated carbocycles. The highest BCUT2D eigenvalue weighted by molar-refractivity contribution is 7.80. The first kappa shape index (κ1) is 15.4. The summed E-state index contributed by atoms with van der Waals surface area (Å²) in [5, 5.41) is 3.08. The summed E-state index contributed by atoms with van der Waals surface area (Å²) >= 11 is 5.54. The van der Waals surface area contributed by atoms with Crippen LogP contribution >= 0.6 is 12.2 Å². The third-order valence-corrected chi connectivity index (χ3v) is 4.45. The molecule has 1 aromatic rings. The molecular formula is C15H23N3OS. The molecule has 110 valence electrons. The minimum atomic E-state index is -0.664. The highest BCUT2D eigenvalue weighted by Gasteiger charge is 2.40. The molecule has 5 heteroatoms. The number of aromatic nitrogens is 1. The van der Waals surface area contributed by atoms with E-state index >= 15 is 0 Å². The minimum absolute atomic E-state index is 0.664. The number of thiocarbonyl (C=S) groups is 1. The maximum atomic E-state index is 5.87. The Labute approximate surface area is 126 Å². The van der Waals surface area contributed by atoms with E-state index in [-0.39, 0.29) is 0 Å². The molecule has 1 fully saturated rings. The van der Waals surface area contributed by atoms with Gasteiger partial charge in [-0.25, -0.2) is 0 Å². The van der Waals surface area contributed by atoms with E-state index in [0.717, 1.165) is 25.3 Å². The molecule has 2 heterocycles. The standard InChI is InChI=1S/C15H23N3OS/c1-16-14(20)15(19-2,13-8-4-5-9-17-13)12-18-10-6-3-7-11-18/h4-5,8-9H,3,6-7,10-12H2,1-2H3,(H,16,20). The molecule has 1 saturated heterocycles. The molecule has 20 heavy (non-hydrogen) atoms. The van der Waals surface area contributed by atoms with Crippen molar-refractivity contribution >= 4 is 17.2 Å². The lowest BCUT2D eigenvalue weighted by molar-refractivity contribution is 0.00603. The Bertz CT molecular complexity index is 434. The van der Waals surface area contributed by atoms with Gasteiger partial charge in [-0.1, -0.05) is 24.7 Å². The first-order chi connectivity index (χ1) is 9.73. The molecular weight excluding hydrogens is 270 g/mol. The number of likely N-dealkylation sites (N-methyl/N-ethyl adjacent to an activating group) is 1. The fourth-order valence-corrected chi connectivity index (χ4v) is 3.02. The molecule has 0 amide bonds. The fraction of sp³-hybridized carbons (Fsp3) is 0.600. The molecule has 2 rings (SSSR count). The van der Waals surface area contributed by atoms with Crippen LogP contribution in [0.3, 0.4) is 0 Å². The van der Waals surface area contributed by atoms with Crippen LogP contribution in [0, 0.1) is 0 Å². The topological polar surface area (TPSA) is 37.4 Å². The van der Waals surface area contributed by atoms with Gasteiger partial charge < -0.3 is 10.1 Å². The van der Waals surface area contributed by atoms with Crippen molar-refractivity contribution in [1.29, 1.82) is 0 Å². The van der Waals surface area contributed by atoms with E-state index in [4.69, 9.17) is 17.0 Å². The summed E-state index contributed by atoms with van der Waals surface area (Å²) in [6, 6.07) is 5.87. The zero-order valence-electron chi connectivity index (χ0n) is 12.3. The Morgan fingerprint density at radius 2 is 2.15 bits per heavy atom. The van der Waals surface area contributed by atoms with Crippen molar-refractivity contribution in [2.45, 2.75) is 24.9 Å². The monoisotopic (exact) mass is 293 g/mol. The summed E-state index contributed by atoms with van der Waals surface area (Å²) in [6.07, 6.45) is 5.59. The maximum Gasteiger partial charge on any atom is 0.172 e. The molecule has 4 nitrogen and oxygen atoms in total. The average Bonchev–Trinajstić information content (AvgIpc) is 2.53. The van der Waals surface area contributed by atoms with E-state index in [1.54, 1.807) is 13.3 Å². The minimum Gasteiger partial charge on any atom is -0.380 e. The number of nitrogens with one attached hydrogen (secondary N) is 1. The number of piperidine rings is 1. The van der Waals surface area contributed by atoms with Crippen molar-refractivity contribution < 1.29 is 4.74 Å². The van der Waals surface area contributed by atoms with Crippen molar-refractivity contribution in [3.63, 3.8) is 0 Å². The van der Waals surface area contributed by atoms with Crippen LogP contribution in [0.2, 0.25) is 0 Å². The molecule has 0 spiro atoms. The third-order valence-electron chi connectivity index (χ3n) is 3.92. The van der Waals surface area contributed by atoms with Crippen LogP contribution in [-0.4, -0.2) is 48.7 Å². The van der Waals surface area contributed by atoms with Gasteiger partial charge in [0.05, 0.1) is 5.69 Å². The lowest BCUT2D eigenvalue weighted by Gasteiger charge is -2.38. The molecule has 1 atom stereocenters. The van der Waals surface area contributed by atoms with Gasteiger partial charge in [0, 0.05) is 26.9 Å². The van der Waals surface area contributed by atoms with E-state index in [1.165, 1.54) is 19.3 Å². The summed E-state index contributed by atoms with van der Waals surface area (Å²) in [5.74, 6) is 0. The van der Waals surface area contributed by atoms with Gasteiger partial charge in [-0.2, -0.15) is 0 Å². The molecule has 0 aliphatic carbocycles. The second-order valence-corrected chi connectivity index (χ2v) is 5.57. The molecule has 0 bridgehead atoms. The molecule has 1 N–H and O–H groups in total. The van der Waals surface area contributed by atoms with Gasteiger partial charge in [0.2, 0.25) is 0 Å². The predicted molar refractivity (Wildman–Crippen MR) is 84.9 cm³/mol. The molecule has 1 unspecified atom stereocenters. The molecule has 0 radical (unpaired) electrons. The third kappa shape index (κ3) is 3.16. The van der Waals surface area contributed by atoms with E-state index in [0.29, 0.717) is 4.99 Å². The zero-order valence-corrected chi connectivity index (χ0v) is 13.1. The molecule has 1 aliphatic heterocycles. The lowest BCUT2D eigenvalue weighted by Crippen LogP contribution is -2.52. The van der Waals surface area contributed by atoms with Crippen LogP contribution in [-0.2, 0) is 10.3 Å². The molecule has 1 aliphatic rings. The van der Waals surface area contributed by atoms with Crippen LogP contribution in [0.4, 0.5) is 0 Å². The van der Waals surface area contributed by atoms with Crippen molar-refractivity contribution in [2.24, 2.45) is 0 Å². The number of hydrogen-bond acceptors (Lipinski definition) is 4. The summed E-state index contributed by atoms with van der Waals surface area (Å²) in [5.41, 5.74) is 0.204. The number of pyridine rings is 1. The predicted octanol–water partition coefficient (Wildman–Crippen LogP) is 1.96. The van der Waals surface area contributed by atoms with Gasteiger partial charge >= 0.3 is 0 Å². The Morgan fingerprint density at radius 3 is 2.70 bits per heavy atom. The zero-order chi connectivity index (χ0) is 14.4. The highest BCUT2D eigenvalue weighted by atomic mass is 32.1. The second-order valence-electron chi connectivity index (χ2n) is 5.16. The number of likely N-dealkylation sites (tertiary alicyclic amines) is 1. The number of nitrogens with zero attached hydrogens (tertiary/aromatic N) is 2. The van der Waals surface area contributed by atoms with E-state index in [9.17, 15) is 0 Å². The average molecular weight is 293 g/mol. The summed E-state index contributed by atoms with van der Waals surface area (Å²) in [7, 11) is 3.55. The van der Waals surface area contributed by atoms with Crippen LogP contribution in [0.15, 0.2) is 24.4 Å². The lowest BCUT2D eigenvalue weighted by atomic mass is 9.96. The van der Waals surface area contributed by atoms with Gasteiger partial charge in [0.1, 0.15) is 4.99 Å². The summed E-state index contributed by atoms with van der Waals surface area (Å²) < 4.78 is 5.87. The normalized spacial score (nSPS) is 19.3. The Morgan fingerprint density at radius 1 is 1.40 bits per heavy atom. The number of methoxy groups -OCH3 is 1. The molecule has 1 aromatic heterocycles. The Balaban J connectivity index is 2.29. The smallest absolute Gasteiger partial charge is 0.172 e. The van der Waals surface area contributed by atoms with Gasteiger partial charge in [0.15, 0.2) is 5.60 Å². The van der Waals surface area contributed by atoms with E-state index in [1.807, 2.05) is 25.2 Å². The quantitative estimate of drug-likeness (QED) is 0.840. The summed E-state index contributed by atoms with van der Waals surface area (Å²) in [4.78, 5) is 7.58. The van der Waals surface area contributed by atoms with Crippen LogP contribution < -0.4 is 5.32 Å². The summed E-state index contributed by atoms with van der Waals surface area (Å²) in [6.45, 7) is 2.95. The van der Waals surface area contributed by atoms with Gasteiger partial charge in [-0.15, -0.1) is 0 Å². The first-order valence-corrected chi connectivity index (χ1v) is 7.55. The fourth-order valence-electron chi connectivity index (χ4n) is 2.77. The van der Waals surface area contributed by atoms with Gasteiger partial charge in [-0.05, 0) is 38.1 Å². The van der Waals surface area contributed by atoms with Crippen molar-refractivity contribution in [3.8, 4) is 0 Å². The van der Waals surface area contributed by atoms with E-state index in [2.05, 4.69) is 15.2 Å². The van der Waals surface area contributed by atoms with Crippen molar-refractivity contribution in [3.05, 3.63) is 30.1 Å². The first-order valence-electron chi connectivity index (χ1n) is 7.14. The Hall–Kier alpha value is -1.04. The van der Waals surface area contributed by atoms with Crippen LogP contribution in [0.25, 0.3) is 0 Å². The van der Waals surface area contributed by atoms with Crippen molar-refractivity contribution in [2.75, 3.05) is 33.8 Å². The Kier molecular flexibility index (Phi) is 5.46. The van der Waals surface area contributed by atoms with E-state index < -0.39 is 5.60 Å². The van der Waals surface area contributed by atoms with Gasteiger partial charge in [0.25, 0.3) is 0 Å². The maximum absolute atomic E-state index is 5.87. The SMILES string of the molecule is CNC(=S)C(CN1CCCCC1)(OC)c1ccccn1. The van der Waals surface area contributed by atoms with Crippen molar-refractivity contribution in [1.82, 2.24) is 15.2 Å². The number of hydrogen-bond donors (Lipinski definition) is 1.